The van der Waals surface area contributed by atoms with Crippen LogP contribution in [0.3, 0.4) is 0 Å². The first-order chi connectivity index (χ1) is 8.23. The van der Waals surface area contributed by atoms with Gasteiger partial charge in [-0.25, -0.2) is 9.59 Å². The Morgan fingerprint density at radius 1 is 1.28 bits per heavy atom. The third-order valence-corrected chi connectivity index (χ3v) is 2.48. The highest BCUT2D eigenvalue weighted by atomic mass is 16.6. The lowest BCUT2D eigenvalue weighted by Crippen LogP contribution is -2.54. The van der Waals surface area contributed by atoms with Gasteiger partial charge in [-0.3, -0.25) is 14.9 Å². The molecule has 0 radical (unpaired) electrons. The van der Waals surface area contributed by atoms with Gasteiger partial charge in [0.25, 0.3) is 0 Å². The second kappa shape index (κ2) is 4.28. The van der Waals surface area contributed by atoms with Gasteiger partial charge in [-0.05, 0) is 0 Å². The highest BCUT2D eigenvalue weighted by molar-refractivity contribution is 5.96. The molecule has 0 fully saturated rings. The maximum Gasteiger partial charge on any atom is 0.388 e. The van der Waals surface area contributed by atoms with E-state index in [0.717, 1.165) is 6.08 Å². The number of rotatable bonds is 4. The Kier molecular flexibility index (Phi) is 3.17. The van der Waals surface area contributed by atoms with Crippen molar-refractivity contribution in [2.45, 2.75) is 5.54 Å². The topological polar surface area (TPSA) is 155 Å². The van der Waals surface area contributed by atoms with Crippen LogP contribution < -0.4 is 0 Å². The molecule has 9 heteroatoms. The molecule has 1 aliphatic rings. The van der Waals surface area contributed by atoms with Crippen LogP contribution in [0.1, 0.15) is 0 Å². The summed E-state index contributed by atoms with van der Waals surface area (Å²) in [5, 5.41) is 37.3. The summed E-state index contributed by atoms with van der Waals surface area (Å²) < 4.78 is 0. The molecule has 3 N–H and O–H groups in total. The molecule has 0 spiro atoms. The Morgan fingerprint density at radius 3 is 2.17 bits per heavy atom. The summed E-state index contributed by atoms with van der Waals surface area (Å²) in [4.78, 5) is 42.1. The lowest BCUT2D eigenvalue weighted by Gasteiger charge is -2.24. The Balaban J connectivity index is 3.51. The van der Waals surface area contributed by atoms with E-state index in [2.05, 4.69) is 0 Å². The van der Waals surface area contributed by atoms with Crippen LogP contribution in [0.4, 0.5) is 0 Å². The van der Waals surface area contributed by atoms with Crippen molar-refractivity contribution >= 4 is 17.9 Å². The van der Waals surface area contributed by atoms with Crippen LogP contribution in [0, 0.1) is 16.0 Å². The highest BCUT2D eigenvalue weighted by Gasteiger charge is 2.60. The van der Waals surface area contributed by atoms with Gasteiger partial charge in [0.15, 0.2) is 5.92 Å². The maximum atomic E-state index is 11.0. The molecule has 1 rings (SSSR count). The van der Waals surface area contributed by atoms with Crippen molar-refractivity contribution in [1.29, 1.82) is 0 Å². The van der Waals surface area contributed by atoms with E-state index in [9.17, 15) is 24.5 Å². The SMILES string of the molecule is O=C(O)C1=CC(C(=O)O)([N+](=O)[O-])C(C(=O)O)C=C1. The molecule has 0 aromatic heterocycles. The molecule has 2 atom stereocenters. The average Bonchev–Trinajstić information content (AvgIpc) is 2.26. The van der Waals surface area contributed by atoms with E-state index in [1.807, 2.05) is 0 Å². The van der Waals surface area contributed by atoms with Gasteiger partial charge in [0, 0.05) is 11.0 Å². The number of carboxylic acid groups (broad SMARTS) is 3. The summed E-state index contributed by atoms with van der Waals surface area (Å²) in [5.41, 5.74) is -3.67. The quantitative estimate of drug-likeness (QED) is 0.444. The van der Waals surface area contributed by atoms with Crippen molar-refractivity contribution in [3.63, 3.8) is 0 Å². The second-order valence-corrected chi connectivity index (χ2v) is 3.47. The Morgan fingerprint density at radius 2 is 1.83 bits per heavy atom. The summed E-state index contributed by atoms with van der Waals surface area (Å²) in [6.07, 6.45) is 1.84. The number of aliphatic carboxylic acids is 3. The van der Waals surface area contributed by atoms with E-state index in [4.69, 9.17) is 15.3 Å². The molecule has 0 bridgehead atoms. The fourth-order valence-corrected chi connectivity index (χ4v) is 1.56. The number of hydrogen-bond acceptors (Lipinski definition) is 5. The van der Waals surface area contributed by atoms with Gasteiger partial charge in [0.1, 0.15) is 0 Å². The molecule has 0 saturated carbocycles. The van der Waals surface area contributed by atoms with Crippen LogP contribution in [-0.4, -0.2) is 43.7 Å². The molecule has 0 aromatic carbocycles. The first-order valence-electron chi connectivity index (χ1n) is 4.48. The van der Waals surface area contributed by atoms with Crippen LogP contribution >= 0.6 is 0 Å². The minimum Gasteiger partial charge on any atom is -0.481 e. The summed E-state index contributed by atoms with van der Waals surface area (Å²) in [6.45, 7) is 0. The molecule has 1 aliphatic carbocycles. The maximum absolute atomic E-state index is 11.0. The number of carboxylic acids is 3. The smallest absolute Gasteiger partial charge is 0.388 e. The molecule has 9 nitrogen and oxygen atoms in total. The van der Waals surface area contributed by atoms with Gasteiger partial charge < -0.3 is 15.3 Å². The first-order valence-corrected chi connectivity index (χ1v) is 4.48. The van der Waals surface area contributed by atoms with Gasteiger partial charge >= 0.3 is 23.4 Å². The van der Waals surface area contributed by atoms with Crippen molar-refractivity contribution in [2.24, 2.45) is 5.92 Å². The van der Waals surface area contributed by atoms with Crippen LogP contribution in [-0.2, 0) is 14.4 Å². The molecule has 18 heavy (non-hydrogen) atoms. The minimum absolute atomic E-state index is 0.330. The lowest BCUT2D eigenvalue weighted by molar-refractivity contribution is -0.546. The van der Waals surface area contributed by atoms with E-state index in [1.54, 1.807) is 0 Å². The summed E-state index contributed by atoms with van der Waals surface area (Å²) >= 11 is 0. The molecule has 0 saturated heterocycles. The zero-order chi connectivity index (χ0) is 14.1. The van der Waals surface area contributed by atoms with Crippen LogP contribution in [0.2, 0.25) is 0 Å². The minimum atomic E-state index is -3.02. The van der Waals surface area contributed by atoms with Crippen LogP contribution in [0.15, 0.2) is 23.8 Å². The molecule has 0 heterocycles. The number of nitrogens with zero attached hydrogens (tertiary/aromatic N) is 1. The Labute approximate surface area is 98.8 Å². The predicted molar refractivity (Wildman–Crippen MR) is 53.3 cm³/mol. The normalized spacial score (nSPS) is 26.2. The van der Waals surface area contributed by atoms with Gasteiger partial charge in [0.05, 0.1) is 5.57 Å². The number of hydrogen-bond donors (Lipinski definition) is 3. The standard InChI is InChI=1S/C9H7NO8/c11-6(12)4-1-2-5(7(13)14)9(3-4,8(15)16)10(17)18/h1-3,5H,(H,11,12)(H,13,14)(H,15,16). The Bertz CT molecular complexity index is 489. The van der Waals surface area contributed by atoms with Crippen LogP contribution in [0.25, 0.3) is 0 Å². The van der Waals surface area contributed by atoms with Crippen molar-refractivity contribution in [3.05, 3.63) is 33.9 Å². The fraction of sp³-hybridized carbons (Fsp3) is 0.222. The van der Waals surface area contributed by atoms with E-state index in [-0.39, 0.29) is 0 Å². The monoisotopic (exact) mass is 257 g/mol. The van der Waals surface area contributed by atoms with E-state index < -0.39 is 39.9 Å². The van der Waals surface area contributed by atoms with Gasteiger partial charge in [-0.15, -0.1) is 0 Å². The third-order valence-electron chi connectivity index (χ3n) is 2.48. The summed E-state index contributed by atoms with van der Waals surface area (Å²) in [7, 11) is 0. The molecule has 0 amide bonds. The second-order valence-electron chi connectivity index (χ2n) is 3.47. The molecule has 96 valence electrons. The zero-order valence-electron chi connectivity index (χ0n) is 8.64. The van der Waals surface area contributed by atoms with Crippen molar-refractivity contribution in [1.82, 2.24) is 0 Å². The van der Waals surface area contributed by atoms with E-state index in [1.165, 1.54) is 0 Å². The zero-order valence-corrected chi connectivity index (χ0v) is 8.64. The third kappa shape index (κ3) is 1.81. The van der Waals surface area contributed by atoms with Gasteiger partial charge in [0.2, 0.25) is 0 Å². The average molecular weight is 257 g/mol. The molecule has 0 aliphatic heterocycles. The van der Waals surface area contributed by atoms with E-state index in [0.29, 0.717) is 12.2 Å². The van der Waals surface area contributed by atoms with Crippen molar-refractivity contribution in [2.75, 3.05) is 0 Å². The predicted octanol–water partition coefficient (Wildman–Crippen LogP) is -0.632. The fourth-order valence-electron chi connectivity index (χ4n) is 1.56. The molecule has 2 unspecified atom stereocenters. The molecule has 0 aromatic rings. The number of nitro groups is 1. The van der Waals surface area contributed by atoms with Crippen molar-refractivity contribution < 1.29 is 34.6 Å². The van der Waals surface area contributed by atoms with Gasteiger partial charge in [-0.2, -0.15) is 0 Å². The Hall–Kier alpha value is -2.71. The van der Waals surface area contributed by atoms with Gasteiger partial charge in [-0.1, -0.05) is 12.2 Å². The van der Waals surface area contributed by atoms with Crippen LogP contribution in [0.5, 0.6) is 0 Å². The first kappa shape index (κ1) is 13.4. The van der Waals surface area contributed by atoms with E-state index >= 15 is 0 Å². The summed E-state index contributed by atoms with van der Waals surface area (Å²) in [6, 6.07) is 0. The highest BCUT2D eigenvalue weighted by Crippen LogP contribution is 2.31. The molecular formula is C9H7NO8. The summed E-state index contributed by atoms with van der Waals surface area (Å²) in [5.74, 6) is -7.33. The van der Waals surface area contributed by atoms with Crippen molar-refractivity contribution in [3.8, 4) is 0 Å². The molecular weight excluding hydrogens is 250 g/mol. The lowest BCUT2D eigenvalue weighted by atomic mass is 9.79. The largest absolute Gasteiger partial charge is 0.481 e. The number of carbonyl (C=O) groups is 3.